The molecule has 0 aromatic heterocycles. The molecule has 88 heavy (non-hydrogen) atoms. The fourth-order valence-electron chi connectivity index (χ4n) is 10.8. The van der Waals surface area contributed by atoms with Crippen LogP contribution >= 0.6 is 0 Å². The number of hydrogen-bond acceptors (Lipinski definition) is 10. The zero-order valence-electron chi connectivity index (χ0n) is 52.9. The summed E-state index contributed by atoms with van der Waals surface area (Å²) in [5.41, 5.74) is 0. The Morgan fingerprint density at radius 3 is 1.07 bits per heavy atom. The van der Waals surface area contributed by atoms with Gasteiger partial charge >= 0.3 is 43.2 Å². The molecule has 0 spiro atoms. The van der Waals surface area contributed by atoms with Crippen molar-refractivity contribution in [2.24, 2.45) is 0 Å². The van der Waals surface area contributed by atoms with E-state index < -0.39 is 86.2 Å². The summed E-state index contributed by atoms with van der Waals surface area (Å²) in [6.45, 7) is 27.7. The van der Waals surface area contributed by atoms with Gasteiger partial charge in [0.25, 0.3) is 0 Å². The predicted octanol–water partition coefficient (Wildman–Crippen LogP) is 13.6. The van der Waals surface area contributed by atoms with Crippen LogP contribution in [0.2, 0.25) is 95.7 Å². The van der Waals surface area contributed by atoms with Crippen molar-refractivity contribution in [1.82, 2.24) is 0 Å². The number of benzene rings is 7. The minimum atomic E-state index is -3.16. The average Bonchev–Trinajstić information content (AvgIpc) is 1.06. The van der Waals surface area contributed by atoms with E-state index in [1.807, 2.05) is 74.5 Å². The molecule has 0 aliphatic heterocycles. The summed E-state index contributed by atoms with van der Waals surface area (Å²) in [5, 5.41) is 8.07. The lowest BCUT2D eigenvalue weighted by Crippen LogP contribution is -2.67. The summed E-state index contributed by atoms with van der Waals surface area (Å²) in [6, 6.07) is 77.1. The van der Waals surface area contributed by atoms with Crippen molar-refractivity contribution < 1.29 is 42.7 Å². The van der Waals surface area contributed by atoms with Crippen molar-refractivity contribution in [3.8, 4) is 0 Å². The highest BCUT2D eigenvalue weighted by Crippen LogP contribution is 2.35. The Balaban J connectivity index is 0.00000168. The van der Waals surface area contributed by atoms with Crippen LogP contribution in [-0.2, 0) is 42.7 Å². The molecule has 20 heteroatoms. The highest BCUT2D eigenvalue weighted by Gasteiger charge is 2.53. The van der Waals surface area contributed by atoms with E-state index in [2.05, 4.69) is 217 Å². The van der Waals surface area contributed by atoms with Crippen LogP contribution in [0.5, 0.6) is 0 Å². The molecule has 0 aliphatic carbocycles. The normalized spacial score (nSPS) is 13.3. The summed E-state index contributed by atoms with van der Waals surface area (Å²) in [6.07, 6.45) is 0.808. The Morgan fingerprint density at radius 2 is 0.705 bits per heavy atom. The Morgan fingerprint density at radius 1 is 0.375 bits per heavy atom. The minimum absolute atomic E-state index is 0. The summed E-state index contributed by atoms with van der Waals surface area (Å²) in [5.74, 6) is 0. The molecular weight excluding hydrogens is 1260 g/mol. The van der Waals surface area contributed by atoms with Gasteiger partial charge in [0.15, 0.2) is 18.1 Å². The van der Waals surface area contributed by atoms with Crippen LogP contribution < -0.4 is 36.3 Å². The zero-order valence-corrected chi connectivity index (χ0v) is 63.4. The van der Waals surface area contributed by atoms with E-state index >= 15 is 0 Å². The lowest BCUT2D eigenvalue weighted by Gasteiger charge is -2.46. The molecule has 0 saturated heterocycles. The molecule has 0 fully saturated rings. The van der Waals surface area contributed by atoms with Gasteiger partial charge in [-0.3, -0.25) is 0 Å². The summed E-state index contributed by atoms with van der Waals surface area (Å²) in [7, 11) is -19.7. The van der Waals surface area contributed by atoms with Crippen molar-refractivity contribution in [3.63, 3.8) is 0 Å². The van der Waals surface area contributed by atoms with Gasteiger partial charge in [0, 0.05) is 44.4 Å². The Labute approximate surface area is 547 Å². The molecule has 0 N–H and O–H groups in total. The first-order valence-corrected chi connectivity index (χ1v) is 53.3. The summed E-state index contributed by atoms with van der Waals surface area (Å²) >= 11 is 0. The van der Waals surface area contributed by atoms with Crippen LogP contribution in [0.1, 0.15) is 50.0 Å². The van der Waals surface area contributed by atoms with Crippen LogP contribution in [0.4, 0.5) is 0 Å². The number of hydrogen-bond donors (Lipinski definition) is 0. The maximum atomic E-state index is 12.0. The molecule has 0 amide bonds. The molecule has 7 aromatic carbocycles. The smallest absolute Gasteiger partial charge is 0.449 e. The van der Waals surface area contributed by atoms with Crippen LogP contribution in [0.3, 0.4) is 0 Å². The van der Waals surface area contributed by atoms with Gasteiger partial charge in [-0.2, -0.15) is 0 Å². The molecule has 0 bridgehead atoms. The van der Waals surface area contributed by atoms with Crippen molar-refractivity contribution in [2.45, 2.75) is 146 Å². The van der Waals surface area contributed by atoms with E-state index in [-0.39, 0.29) is 29.7 Å². The van der Waals surface area contributed by atoms with E-state index in [1.54, 1.807) is 21.3 Å². The topological polar surface area (TPSA) is 100 Å². The lowest BCUT2D eigenvalue weighted by molar-refractivity contribution is 0.125. The summed E-state index contributed by atoms with van der Waals surface area (Å²) < 4.78 is 74.1. The van der Waals surface area contributed by atoms with Crippen molar-refractivity contribution in [1.29, 1.82) is 0 Å². The Bertz CT molecular complexity index is 2830. The van der Waals surface area contributed by atoms with E-state index in [9.17, 15) is 4.46 Å². The molecular formula is C68H112O10Si10. The van der Waals surface area contributed by atoms with Crippen LogP contribution in [0.15, 0.2) is 212 Å². The SMILES string of the molecule is C.C.C.C.CC.CO[Si](CC[SiH2]OCCC[Si](C)(O[Si](C)(CC[Si](C)(C)O[Si](C)(c1ccccc1)c1ccccc1)O[Si](C)(C)O[Si](C)(C)c1ccccc1)O[Si](C)(c1ccccc1)c1ccccc1)(OC)OC.O=[Si](c1ccccc1)c1ccccc1. The first-order valence-electron chi connectivity index (χ1n) is 29.7. The van der Waals surface area contributed by atoms with Crippen LogP contribution in [-0.4, -0.2) is 114 Å². The molecule has 10 nitrogen and oxygen atoms in total. The maximum absolute atomic E-state index is 12.0. The van der Waals surface area contributed by atoms with E-state index in [1.165, 1.54) is 25.9 Å². The molecule has 0 saturated carbocycles. The molecule has 2 atom stereocenters. The third-order valence-corrected chi connectivity index (χ3v) is 51.6. The van der Waals surface area contributed by atoms with Gasteiger partial charge in [-0.05, 0) is 122 Å². The van der Waals surface area contributed by atoms with E-state index in [4.69, 9.17) is 38.3 Å². The van der Waals surface area contributed by atoms with Gasteiger partial charge in [0.1, 0.15) is 0 Å². The quantitative estimate of drug-likeness (QED) is 0.0308. The monoisotopic (exact) mass is 1370 g/mol. The zero-order chi connectivity index (χ0) is 61.4. The van der Waals surface area contributed by atoms with Crippen molar-refractivity contribution >= 4 is 123 Å². The molecule has 484 valence electrons. The fraction of sp³-hybridized carbons (Fsp3) is 0.382. The van der Waals surface area contributed by atoms with Gasteiger partial charge in [-0.25, -0.2) is 0 Å². The Kier molecular flexibility index (Phi) is 36.3. The molecule has 0 aliphatic rings. The second kappa shape index (κ2) is 38.9. The third kappa shape index (κ3) is 24.6. The maximum Gasteiger partial charge on any atom is 0.499 e. The Hall–Kier alpha value is -3.85. The van der Waals surface area contributed by atoms with Gasteiger partial charge in [-0.15, -0.1) is 0 Å². The standard InChI is InChI=1S/C50H80O9Si9.C12H10OSi.C2H6.4CH4/c1-51-68(52-2,53-3)43-41-60-54-40-29-42-64(10,59-67(13,49-36-25-17-26-37-49)50-38-27-18-28-39-50)58-65(11,57-63(8,9)56-62(6,7)46-30-19-14-20-31-46)45-44-61(4,5)55-66(12,47-32-21-15-22-33-47)48-34-23-16-24-35-48;13-14(11-7-3-1-4-8-11)12-9-5-2-6-10-12;1-2;;;;/h14-28,30-39H,29,40-45,60H2,1-13H3;1-10H;1-2H3;4*1H4. The minimum Gasteiger partial charge on any atom is -0.449 e. The molecule has 0 heterocycles. The molecule has 7 aromatic rings. The largest absolute Gasteiger partial charge is 0.499 e. The van der Waals surface area contributed by atoms with Gasteiger partial charge in [0.05, 0.1) is 0 Å². The van der Waals surface area contributed by atoms with Gasteiger partial charge < -0.3 is 42.7 Å². The van der Waals surface area contributed by atoms with Crippen molar-refractivity contribution in [2.75, 3.05) is 27.9 Å². The molecule has 0 radical (unpaired) electrons. The van der Waals surface area contributed by atoms with Crippen LogP contribution in [0.25, 0.3) is 0 Å². The lowest BCUT2D eigenvalue weighted by atomic mass is 10.4. The first kappa shape index (κ1) is 82.2. The van der Waals surface area contributed by atoms with Crippen molar-refractivity contribution in [3.05, 3.63) is 212 Å². The van der Waals surface area contributed by atoms with Gasteiger partial charge in [-0.1, -0.05) is 256 Å². The molecule has 2 unspecified atom stereocenters. The number of rotatable bonds is 31. The highest BCUT2D eigenvalue weighted by atomic mass is 28.5. The third-order valence-electron chi connectivity index (χ3n) is 14.9. The average molecular weight is 1370 g/mol. The fourth-order valence-corrected chi connectivity index (χ4v) is 52.8. The predicted molar refractivity (Wildman–Crippen MR) is 402 cm³/mol. The van der Waals surface area contributed by atoms with E-state index in [0.29, 0.717) is 6.61 Å². The second-order valence-corrected chi connectivity index (χ2v) is 55.9. The van der Waals surface area contributed by atoms with E-state index in [0.717, 1.165) is 47.0 Å². The highest BCUT2D eigenvalue weighted by molar-refractivity contribution is 7.03. The first-order chi connectivity index (χ1) is 40.0. The summed E-state index contributed by atoms with van der Waals surface area (Å²) in [4.78, 5) is 0. The molecule has 7 rings (SSSR count). The van der Waals surface area contributed by atoms with Gasteiger partial charge in [0.2, 0.25) is 25.0 Å². The second-order valence-electron chi connectivity index (χ2n) is 23.0. The van der Waals surface area contributed by atoms with Crippen LogP contribution in [0, 0.1) is 0 Å².